The van der Waals surface area contributed by atoms with E-state index in [-0.39, 0.29) is 12.5 Å². The van der Waals surface area contributed by atoms with Gasteiger partial charge in [-0.1, -0.05) is 48.5 Å². The molecule has 0 atom stereocenters. The third-order valence-electron chi connectivity index (χ3n) is 4.71. The molecule has 1 amide bonds. The number of carbonyl (C=O) groups is 1. The van der Waals surface area contributed by atoms with Crippen molar-refractivity contribution in [2.75, 3.05) is 6.61 Å². The number of hydrogen-bond acceptors (Lipinski definition) is 4. The average Bonchev–Trinajstić information content (AvgIpc) is 2.83. The van der Waals surface area contributed by atoms with E-state index in [0.717, 1.165) is 27.6 Å². The van der Waals surface area contributed by atoms with E-state index < -0.39 is 0 Å². The van der Waals surface area contributed by atoms with Crippen molar-refractivity contribution >= 4 is 45.5 Å². The number of hydrazone groups is 1. The zero-order chi connectivity index (χ0) is 22.2. The SMILES string of the molecule is O=C(COc1cccc2ccccc12)N/N=C/c1ccc(OCc2ccc(I)cc2)cc1. The summed E-state index contributed by atoms with van der Waals surface area (Å²) in [5.41, 5.74) is 4.45. The molecule has 1 N–H and O–H groups in total. The third-order valence-corrected chi connectivity index (χ3v) is 5.43. The number of rotatable bonds is 8. The zero-order valence-electron chi connectivity index (χ0n) is 17.2. The molecule has 6 heteroatoms. The van der Waals surface area contributed by atoms with Crippen LogP contribution in [0.2, 0.25) is 0 Å². The Labute approximate surface area is 200 Å². The van der Waals surface area contributed by atoms with Crippen LogP contribution in [0, 0.1) is 3.57 Å². The van der Waals surface area contributed by atoms with E-state index in [9.17, 15) is 4.79 Å². The predicted octanol–water partition coefficient (Wildman–Crippen LogP) is 5.55. The van der Waals surface area contributed by atoms with E-state index in [1.54, 1.807) is 6.21 Å². The van der Waals surface area contributed by atoms with Crippen molar-refractivity contribution in [2.24, 2.45) is 5.10 Å². The number of halogens is 1. The number of hydrogen-bond donors (Lipinski definition) is 1. The second-order valence-electron chi connectivity index (χ2n) is 7.04. The number of fused-ring (bicyclic) bond motifs is 1. The third kappa shape index (κ3) is 6.07. The van der Waals surface area contributed by atoms with Crippen molar-refractivity contribution in [3.63, 3.8) is 0 Å². The summed E-state index contributed by atoms with van der Waals surface area (Å²) in [4.78, 5) is 12.1. The van der Waals surface area contributed by atoms with Gasteiger partial charge in [0.25, 0.3) is 5.91 Å². The minimum atomic E-state index is -0.327. The fourth-order valence-electron chi connectivity index (χ4n) is 3.07. The molecule has 0 aliphatic rings. The van der Waals surface area contributed by atoms with Crippen molar-refractivity contribution in [3.8, 4) is 11.5 Å². The molecule has 160 valence electrons. The highest BCUT2D eigenvalue weighted by molar-refractivity contribution is 14.1. The molecule has 0 aliphatic carbocycles. The van der Waals surface area contributed by atoms with Crippen LogP contribution in [0.5, 0.6) is 11.5 Å². The first-order chi connectivity index (χ1) is 15.7. The summed E-state index contributed by atoms with van der Waals surface area (Å²) >= 11 is 2.28. The molecule has 0 bridgehead atoms. The summed E-state index contributed by atoms with van der Waals surface area (Å²) in [7, 11) is 0. The van der Waals surface area contributed by atoms with Crippen LogP contribution in [0.25, 0.3) is 10.8 Å². The highest BCUT2D eigenvalue weighted by atomic mass is 127. The number of ether oxygens (including phenoxy) is 2. The first-order valence-electron chi connectivity index (χ1n) is 10.1. The van der Waals surface area contributed by atoms with Crippen molar-refractivity contribution in [1.29, 1.82) is 0 Å². The summed E-state index contributed by atoms with van der Waals surface area (Å²) < 4.78 is 12.7. The Morgan fingerprint density at radius 1 is 0.875 bits per heavy atom. The summed E-state index contributed by atoms with van der Waals surface area (Å²) in [5, 5.41) is 6.03. The molecule has 0 spiro atoms. The minimum absolute atomic E-state index is 0.114. The van der Waals surface area contributed by atoms with Crippen LogP contribution in [-0.2, 0) is 11.4 Å². The van der Waals surface area contributed by atoms with Gasteiger partial charge in [-0.05, 0) is 81.6 Å². The largest absolute Gasteiger partial charge is 0.489 e. The Kier molecular flexibility index (Phi) is 7.34. The maximum Gasteiger partial charge on any atom is 0.277 e. The molecule has 0 unspecified atom stereocenters. The van der Waals surface area contributed by atoms with E-state index in [4.69, 9.17) is 9.47 Å². The van der Waals surface area contributed by atoms with Crippen LogP contribution in [0.4, 0.5) is 0 Å². The highest BCUT2D eigenvalue weighted by Crippen LogP contribution is 2.24. The van der Waals surface area contributed by atoms with E-state index in [1.807, 2.05) is 66.7 Å². The van der Waals surface area contributed by atoms with Crippen LogP contribution in [-0.4, -0.2) is 18.7 Å². The molecular formula is C26H21IN2O3. The smallest absolute Gasteiger partial charge is 0.277 e. The summed E-state index contributed by atoms with van der Waals surface area (Å²) in [5.74, 6) is 1.11. The average molecular weight is 536 g/mol. The number of amides is 1. The molecular weight excluding hydrogens is 515 g/mol. The van der Waals surface area contributed by atoms with Crippen LogP contribution < -0.4 is 14.9 Å². The first kappa shape index (κ1) is 21.8. The minimum Gasteiger partial charge on any atom is -0.489 e. The molecule has 0 aliphatic heterocycles. The summed E-state index contributed by atoms with van der Waals surface area (Å²) in [6, 6.07) is 29.4. The molecule has 4 rings (SSSR count). The molecule has 4 aromatic carbocycles. The van der Waals surface area contributed by atoms with Crippen molar-refractivity contribution in [3.05, 3.63) is 106 Å². The van der Waals surface area contributed by atoms with Crippen LogP contribution in [0.15, 0.2) is 96.1 Å². The Bertz CT molecular complexity index is 1220. The molecule has 4 aromatic rings. The molecule has 0 saturated carbocycles. The Balaban J connectivity index is 1.24. The Morgan fingerprint density at radius 3 is 2.44 bits per heavy atom. The van der Waals surface area contributed by atoms with Gasteiger partial charge in [0, 0.05) is 8.96 Å². The fourth-order valence-corrected chi connectivity index (χ4v) is 3.43. The Morgan fingerprint density at radius 2 is 1.62 bits per heavy atom. The van der Waals surface area contributed by atoms with Crippen LogP contribution in [0.3, 0.4) is 0 Å². The quantitative estimate of drug-likeness (QED) is 0.183. The van der Waals surface area contributed by atoms with Crippen molar-refractivity contribution in [1.82, 2.24) is 5.43 Å². The number of carbonyl (C=O) groups excluding carboxylic acids is 1. The van der Waals surface area contributed by atoms with E-state index in [1.165, 1.54) is 3.57 Å². The van der Waals surface area contributed by atoms with Crippen LogP contribution in [0.1, 0.15) is 11.1 Å². The zero-order valence-corrected chi connectivity index (χ0v) is 19.4. The fraction of sp³-hybridized carbons (Fsp3) is 0.0769. The van der Waals surface area contributed by atoms with Gasteiger partial charge < -0.3 is 9.47 Å². The molecule has 0 aromatic heterocycles. The Hall–Kier alpha value is -3.39. The highest BCUT2D eigenvalue weighted by Gasteiger charge is 2.05. The lowest BCUT2D eigenvalue weighted by atomic mass is 10.1. The van der Waals surface area contributed by atoms with Crippen molar-refractivity contribution < 1.29 is 14.3 Å². The molecule has 32 heavy (non-hydrogen) atoms. The van der Waals surface area contributed by atoms with Gasteiger partial charge in [-0.3, -0.25) is 4.79 Å². The molecule has 0 fully saturated rings. The number of nitrogens with zero attached hydrogens (tertiary/aromatic N) is 1. The number of benzene rings is 4. The summed E-state index contributed by atoms with van der Waals surface area (Å²) in [6.07, 6.45) is 1.58. The lowest BCUT2D eigenvalue weighted by molar-refractivity contribution is -0.123. The van der Waals surface area contributed by atoms with Gasteiger partial charge in [0.1, 0.15) is 18.1 Å². The van der Waals surface area contributed by atoms with Gasteiger partial charge in [0.05, 0.1) is 6.21 Å². The first-order valence-corrected chi connectivity index (χ1v) is 11.1. The van der Waals surface area contributed by atoms with Gasteiger partial charge >= 0.3 is 0 Å². The second kappa shape index (κ2) is 10.8. The number of nitrogens with one attached hydrogen (secondary N) is 1. The van der Waals surface area contributed by atoms with E-state index in [0.29, 0.717) is 12.4 Å². The lowest BCUT2D eigenvalue weighted by Gasteiger charge is -2.08. The predicted molar refractivity (Wildman–Crippen MR) is 135 cm³/mol. The monoisotopic (exact) mass is 536 g/mol. The van der Waals surface area contributed by atoms with Crippen molar-refractivity contribution in [2.45, 2.75) is 6.61 Å². The van der Waals surface area contributed by atoms with Crippen LogP contribution >= 0.6 is 22.6 Å². The second-order valence-corrected chi connectivity index (χ2v) is 8.29. The van der Waals surface area contributed by atoms with Gasteiger partial charge in [-0.15, -0.1) is 0 Å². The standard InChI is InChI=1S/C26H21IN2O3/c27-22-12-8-20(9-13-22)17-31-23-14-10-19(11-15-23)16-28-29-26(30)18-32-25-7-3-5-21-4-1-2-6-24(21)25/h1-16H,17-18H2,(H,29,30)/b28-16+. The van der Waals surface area contributed by atoms with Gasteiger partial charge in [-0.2, -0.15) is 5.10 Å². The van der Waals surface area contributed by atoms with Gasteiger partial charge in [0.2, 0.25) is 0 Å². The topological polar surface area (TPSA) is 59.9 Å². The lowest BCUT2D eigenvalue weighted by Crippen LogP contribution is -2.24. The van der Waals surface area contributed by atoms with Gasteiger partial charge in [-0.25, -0.2) is 5.43 Å². The molecule has 0 heterocycles. The normalized spacial score (nSPS) is 10.9. The van der Waals surface area contributed by atoms with E-state index >= 15 is 0 Å². The van der Waals surface area contributed by atoms with Gasteiger partial charge in [0.15, 0.2) is 6.61 Å². The molecule has 0 radical (unpaired) electrons. The maximum atomic E-state index is 12.1. The molecule has 5 nitrogen and oxygen atoms in total. The molecule has 0 saturated heterocycles. The van der Waals surface area contributed by atoms with E-state index in [2.05, 4.69) is 57.4 Å². The maximum absolute atomic E-state index is 12.1. The summed E-state index contributed by atoms with van der Waals surface area (Å²) in [6.45, 7) is 0.397.